The van der Waals surface area contributed by atoms with Crippen molar-refractivity contribution in [2.24, 2.45) is 0 Å². The summed E-state index contributed by atoms with van der Waals surface area (Å²) in [7, 11) is 4.87. The summed E-state index contributed by atoms with van der Waals surface area (Å²) in [5.41, 5.74) is 3.31. The second-order valence-corrected chi connectivity index (χ2v) is 8.21. The van der Waals surface area contributed by atoms with E-state index in [-0.39, 0.29) is 11.9 Å². The Hall–Kier alpha value is -3.67. The Labute approximate surface area is 201 Å². The van der Waals surface area contributed by atoms with Gasteiger partial charge in [0.1, 0.15) is 6.61 Å². The van der Waals surface area contributed by atoms with Gasteiger partial charge in [-0.15, -0.1) is 0 Å². The molecule has 1 heterocycles. The van der Waals surface area contributed by atoms with E-state index >= 15 is 0 Å². The summed E-state index contributed by atoms with van der Waals surface area (Å²) in [5.74, 6) is 2.75. The van der Waals surface area contributed by atoms with E-state index in [2.05, 4.69) is 12.1 Å². The van der Waals surface area contributed by atoms with Gasteiger partial charge in [0.05, 0.1) is 27.4 Å². The number of hydrogen-bond donors (Lipinski definition) is 0. The van der Waals surface area contributed by atoms with E-state index < -0.39 is 0 Å². The average Bonchev–Trinajstić information content (AvgIpc) is 2.90. The number of rotatable bonds is 9. The number of para-hydroxylation sites is 2. The van der Waals surface area contributed by atoms with Crippen LogP contribution >= 0.6 is 0 Å². The predicted octanol–water partition coefficient (Wildman–Crippen LogP) is 4.85. The Balaban J connectivity index is 1.61. The van der Waals surface area contributed by atoms with Gasteiger partial charge in [-0.2, -0.15) is 0 Å². The molecular weight excluding hydrogens is 430 g/mol. The van der Waals surface area contributed by atoms with Crippen LogP contribution in [0.1, 0.15) is 29.2 Å². The Morgan fingerprint density at radius 3 is 2.21 bits per heavy atom. The van der Waals surface area contributed by atoms with Crippen LogP contribution in [0.4, 0.5) is 0 Å². The number of carbonyl (C=O) groups excluding carboxylic acids is 1. The first-order valence-electron chi connectivity index (χ1n) is 11.5. The Morgan fingerprint density at radius 1 is 0.853 bits per heavy atom. The van der Waals surface area contributed by atoms with Gasteiger partial charge in [-0.25, -0.2) is 0 Å². The summed E-state index contributed by atoms with van der Waals surface area (Å²) in [5, 5.41) is 0. The van der Waals surface area contributed by atoms with E-state index in [0.717, 1.165) is 23.1 Å². The maximum Gasteiger partial charge on any atom is 0.223 e. The molecule has 1 aliphatic rings. The zero-order valence-electron chi connectivity index (χ0n) is 20.0. The summed E-state index contributed by atoms with van der Waals surface area (Å²) >= 11 is 0. The first-order valence-corrected chi connectivity index (χ1v) is 11.5. The van der Waals surface area contributed by atoms with Crippen molar-refractivity contribution in [3.63, 3.8) is 0 Å². The third-order valence-corrected chi connectivity index (χ3v) is 6.26. The maximum absolute atomic E-state index is 13.4. The van der Waals surface area contributed by atoms with Crippen molar-refractivity contribution in [2.45, 2.75) is 25.3 Å². The van der Waals surface area contributed by atoms with Crippen molar-refractivity contribution in [1.82, 2.24) is 4.90 Å². The van der Waals surface area contributed by atoms with Gasteiger partial charge >= 0.3 is 0 Å². The molecule has 0 spiro atoms. The van der Waals surface area contributed by atoms with E-state index in [1.54, 1.807) is 21.3 Å². The highest BCUT2D eigenvalue weighted by Gasteiger charge is 2.32. The van der Waals surface area contributed by atoms with Crippen LogP contribution in [-0.2, 0) is 17.6 Å². The molecule has 3 aromatic rings. The first kappa shape index (κ1) is 23.5. The minimum absolute atomic E-state index is 0.109. The van der Waals surface area contributed by atoms with E-state index in [4.69, 9.17) is 18.9 Å². The summed E-state index contributed by atoms with van der Waals surface area (Å²) < 4.78 is 22.7. The largest absolute Gasteiger partial charge is 0.493 e. The molecule has 0 bridgehead atoms. The lowest BCUT2D eigenvalue weighted by molar-refractivity contribution is -0.134. The van der Waals surface area contributed by atoms with Crippen LogP contribution in [-0.4, -0.2) is 45.3 Å². The van der Waals surface area contributed by atoms with Gasteiger partial charge in [-0.1, -0.05) is 42.5 Å². The molecule has 0 aromatic heterocycles. The molecule has 1 atom stereocenters. The molecule has 1 aliphatic heterocycles. The number of ether oxygens (including phenoxy) is 4. The van der Waals surface area contributed by atoms with Crippen LogP contribution in [0.15, 0.2) is 66.7 Å². The van der Waals surface area contributed by atoms with Crippen LogP contribution in [0.3, 0.4) is 0 Å². The number of amides is 1. The molecule has 34 heavy (non-hydrogen) atoms. The van der Waals surface area contributed by atoms with Gasteiger partial charge in [0, 0.05) is 13.0 Å². The fourth-order valence-electron chi connectivity index (χ4n) is 4.45. The third-order valence-electron chi connectivity index (χ3n) is 6.26. The SMILES string of the molecule is COc1cc2c(cc1OC)[C@@H](COc1ccccc1OC)N(C(=O)CCc1ccccc1)CC2. The van der Waals surface area contributed by atoms with Crippen molar-refractivity contribution in [1.29, 1.82) is 0 Å². The molecule has 0 aliphatic carbocycles. The van der Waals surface area contributed by atoms with E-state index in [0.29, 0.717) is 49.0 Å². The molecule has 3 aromatic carbocycles. The Kier molecular flexibility index (Phi) is 7.58. The van der Waals surface area contributed by atoms with E-state index in [1.807, 2.05) is 59.5 Å². The zero-order chi connectivity index (χ0) is 23.9. The quantitative estimate of drug-likeness (QED) is 0.456. The molecule has 4 rings (SSSR count). The minimum Gasteiger partial charge on any atom is -0.493 e. The lowest BCUT2D eigenvalue weighted by Crippen LogP contribution is -2.42. The number of carbonyl (C=O) groups is 1. The highest BCUT2D eigenvalue weighted by Crippen LogP contribution is 2.39. The average molecular weight is 462 g/mol. The van der Waals surface area contributed by atoms with Crippen LogP contribution in [0.2, 0.25) is 0 Å². The normalized spacial score (nSPS) is 14.8. The molecule has 6 nitrogen and oxygen atoms in total. The van der Waals surface area contributed by atoms with E-state index in [1.165, 1.54) is 0 Å². The van der Waals surface area contributed by atoms with Crippen LogP contribution in [0.25, 0.3) is 0 Å². The molecule has 0 fully saturated rings. The summed E-state index contributed by atoms with van der Waals surface area (Å²) in [4.78, 5) is 15.3. The second-order valence-electron chi connectivity index (χ2n) is 8.21. The second kappa shape index (κ2) is 11.0. The number of methoxy groups -OCH3 is 3. The number of hydrogen-bond acceptors (Lipinski definition) is 5. The molecule has 178 valence electrons. The maximum atomic E-state index is 13.4. The predicted molar refractivity (Wildman–Crippen MR) is 131 cm³/mol. The van der Waals surface area contributed by atoms with Crippen LogP contribution in [0, 0.1) is 0 Å². The van der Waals surface area contributed by atoms with Crippen molar-refractivity contribution in [3.8, 4) is 23.0 Å². The lowest BCUT2D eigenvalue weighted by atomic mass is 9.91. The molecular formula is C28H31NO5. The summed E-state index contributed by atoms with van der Waals surface area (Å²) in [6, 6.07) is 21.4. The summed E-state index contributed by atoms with van der Waals surface area (Å²) in [6.45, 7) is 0.927. The van der Waals surface area contributed by atoms with Gasteiger partial charge in [-0.3, -0.25) is 4.79 Å². The fourth-order valence-corrected chi connectivity index (χ4v) is 4.45. The number of aryl methyl sites for hydroxylation is 1. The number of benzene rings is 3. The van der Waals surface area contributed by atoms with Crippen molar-refractivity contribution in [2.75, 3.05) is 34.5 Å². The third kappa shape index (κ3) is 5.11. The first-order chi connectivity index (χ1) is 16.6. The highest BCUT2D eigenvalue weighted by molar-refractivity contribution is 5.77. The van der Waals surface area contributed by atoms with Crippen molar-refractivity contribution >= 4 is 5.91 Å². The topological polar surface area (TPSA) is 57.2 Å². The van der Waals surface area contributed by atoms with Gasteiger partial charge in [0.15, 0.2) is 23.0 Å². The highest BCUT2D eigenvalue weighted by atomic mass is 16.5. The van der Waals surface area contributed by atoms with Gasteiger partial charge in [0.25, 0.3) is 0 Å². The molecule has 0 saturated heterocycles. The Bertz CT molecular complexity index is 1120. The summed E-state index contributed by atoms with van der Waals surface area (Å²) in [6.07, 6.45) is 1.89. The van der Waals surface area contributed by atoms with Gasteiger partial charge in [0.2, 0.25) is 5.91 Å². The van der Waals surface area contributed by atoms with E-state index in [9.17, 15) is 4.79 Å². The number of fused-ring (bicyclic) bond motifs is 1. The zero-order valence-corrected chi connectivity index (χ0v) is 20.0. The van der Waals surface area contributed by atoms with Crippen molar-refractivity contribution < 1.29 is 23.7 Å². The molecule has 6 heteroatoms. The standard InChI is InChI=1S/C28H31NO5/c1-31-24-11-7-8-12-25(24)34-19-23-22-18-27(33-3)26(32-2)17-21(22)15-16-29(23)28(30)14-13-20-9-5-4-6-10-20/h4-12,17-18,23H,13-16,19H2,1-3H3/t23-/m1/s1. The molecule has 1 amide bonds. The Morgan fingerprint density at radius 2 is 1.50 bits per heavy atom. The fraction of sp³-hybridized carbons (Fsp3) is 0.321. The van der Waals surface area contributed by atoms with Gasteiger partial charge in [-0.05, 0) is 53.8 Å². The molecule has 0 N–H and O–H groups in total. The molecule has 0 radical (unpaired) electrons. The molecule has 0 saturated carbocycles. The monoisotopic (exact) mass is 461 g/mol. The lowest BCUT2D eigenvalue weighted by Gasteiger charge is -2.38. The molecule has 0 unspecified atom stereocenters. The smallest absolute Gasteiger partial charge is 0.223 e. The minimum atomic E-state index is -0.253. The van der Waals surface area contributed by atoms with Crippen molar-refractivity contribution in [3.05, 3.63) is 83.4 Å². The number of nitrogens with zero attached hydrogens (tertiary/aromatic N) is 1. The van der Waals surface area contributed by atoms with Gasteiger partial charge < -0.3 is 23.8 Å². The van der Waals surface area contributed by atoms with Crippen LogP contribution in [0.5, 0.6) is 23.0 Å². The van der Waals surface area contributed by atoms with Crippen LogP contribution < -0.4 is 18.9 Å².